The molecule has 0 aliphatic rings. The molecule has 2 heterocycles. The average Bonchev–Trinajstić information content (AvgIpc) is 3.01. The summed E-state index contributed by atoms with van der Waals surface area (Å²) in [6.07, 6.45) is 5.45. The van der Waals surface area contributed by atoms with E-state index in [1.54, 1.807) is 0 Å². The standard InChI is InChI=1S/C16H14ClN3O/c17-15-13-6-2-1-5-12(13)14(11-19-15)16(21)18-7-10-20-8-3-4-9-20/h1-6,8-9,11H,7,10H2,(H,18,21). The van der Waals surface area contributed by atoms with Crippen molar-refractivity contribution in [2.45, 2.75) is 6.54 Å². The number of aromatic nitrogens is 2. The highest BCUT2D eigenvalue weighted by Crippen LogP contribution is 2.23. The fraction of sp³-hybridized carbons (Fsp3) is 0.125. The number of hydrogen-bond donors (Lipinski definition) is 1. The molecule has 0 fully saturated rings. The van der Waals surface area contributed by atoms with Crippen molar-refractivity contribution in [3.8, 4) is 0 Å². The highest BCUT2D eigenvalue weighted by molar-refractivity contribution is 6.34. The molecule has 3 aromatic rings. The fourth-order valence-corrected chi connectivity index (χ4v) is 2.47. The van der Waals surface area contributed by atoms with Crippen LogP contribution in [0.4, 0.5) is 0 Å². The summed E-state index contributed by atoms with van der Waals surface area (Å²) in [6, 6.07) is 11.4. The van der Waals surface area contributed by atoms with Gasteiger partial charge in [0.25, 0.3) is 5.91 Å². The molecule has 2 aromatic heterocycles. The van der Waals surface area contributed by atoms with Crippen LogP contribution in [0.25, 0.3) is 10.8 Å². The summed E-state index contributed by atoms with van der Waals surface area (Å²) in [5.41, 5.74) is 0.544. The van der Waals surface area contributed by atoms with E-state index in [-0.39, 0.29) is 5.91 Å². The molecule has 0 atom stereocenters. The van der Waals surface area contributed by atoms with Gasteiger partial charge in [-0.25, -0.2) is 4.98 Å². The van der Waals surface area contributed by atoms with Gasteiger partial charge in [-0.15, -0.1) is 0 Å². The van der Waals surface area contributed by atoms with Gasteiger partial charge in [0.15, 0.2) is 0 Å². The first-order valence-corrected chi connectivity index (χ1v) is 7.06. The Morgan fingerprint density at radius 1 is 1.14 bits per heavy atom. The van der Waals surface area contributed by atoms with E-state index in [9.17, 15) is 4.79 Å². The Balaban J connectivity index is 1.77. The van der Waals surface area contributed by atoms with Gasteiger partial charge in [0, 0.05) is 37.1 Å². The minimum atomic E-state index is -0.137. The number of carbonyl (C=O) groups excluding carboxylic acids is 1. The van der Waals surface area contributed by atoms with E-state index >= 15 is 0 Å². The molecule has 0 saturated carbocycles. The van der Waals surface area contributed by atoms with E-state index < -0.39 is 0 Å². The van der Waals surface area contributed by atoms with Crippen LogP contribution >= 0.6 is 11.6 Å². The van der Waals surface area contributed by atoms with Gasteiger partial charge in [0.1, 0.15) is 5.15 Å². The van der Waals surface area contributed by atoms with Crippen LogP contribution < -0.4 is 5.32 Å². The summed E-state index contributed by atoms with van der Waals surface area (Å²) in [6.45, 7) is 1.29. The van der Waals surface area contributed by atoms with Crippen LogP contribution in [0.1, 0.15) is 10.4 Å². The molecule has 106 valence electrons. The van der Waals surface area contributed by atoms with Crippen molar-refractivity contribution < 1.29 is 4.79 Å². The Labute approximate surface area is 127 Å². The van der Waals surface area contributed by atoms with Crippen LogP contribution in [0.3, 0.4) is 0 Å². The molecule has 1 N–H and O–H groups in total. The normalized spacial score (nSPS) is 10.7. The Bertz CT molecular complexity index is 768. The van der Waals surface area contributed by atoms with E-state index in [0.717, 1.165) is 17.3 Å². The largest absolute Gasteiger partial charge is 0.353 e. The number of amides is 1. The number of pyridine rings is 1. The van der Waals surface area contributed by atoms with Crippen molar-refractivity contribution in [3.05, 3.63) is 65.7 Å². The number of fused-ring (bicyclic) bond motifs is 1. The molecule has 0 aliphatic carbocycles. The molecule has 3 rings (SSSR count). The van der Waals surface area contributed by atoms with Gasteiger partial charge in [-0.2, -0.15) is 0 Å². The van der Waals surface area contributed by atoms with Crippen molar-refractivity contribution in [3.63, 3.8) is 0 Å². The molecule has 1 amide bonds. The van der Waals surface area contributed by atoms with Crippen LogP contribution in [0, 0.1) is 0 Å². The fourth-order valence-electron chi connectivity index (χ4n) is 2.25. The number of carbonyl (C=O) groups is 1. The molecule has 0 bridgehead atoms. The summed E-state index contributed by atoms with van der Waals surface area (Å²) >= 11 is 6.06. The van der Waals surface area contributed by atoms with Gasteiger partial charge >= 0.3 is 0 Å². The third kappa shape index (κ3) is 2.90. The second-order valence-electron chi connectivity index (χ2n) is 4.69. The van der Waals surface area contributed by atoms with Crippen molar-refractivity contribution in [1.29, 1.82) is 0 Å². The summed E-state index contributed by atoms with van der Waals surface area (Å²) < 4.78 is 2.01. The van der Waals surface area contributed by atoms with Crippen LogP contribution in [0.2, 0.25) is 5.15 Å². The molecular formula is C16H14ClN3O. The van der Waals surface area contributed by atoms with Gasteiger partial charge < -0.3 is 9.88 Å². The van der Waals surface area contributed by atoms with Crippen molar-refractivity contribution in [1.82, 2.24) is 14.9 Å². The quantitative estimate of drug-likeness (QED) is 0.752. The first-order chi connectivity index (χ1) is 10.3. The third-order valence-electron chi connectivity index (χ3n) is 3.31. The van der Waals surface area contributed by atoms with Crippen molar-refractivity contribution in [2.24, 2.45) is 0 Å². The maximum atomic E-state index is 12.3. The lowest BCUT2D eigenvalue weighted by Crippen LogP contribution is -2.27. The van der Waals surface area contributed by atoms with Gasteiger partial charge in [-0.3, -0.25) is 4.79 Å². The van der Waals surface area contributed by atoms with Gasteiger partial charge in [0.05, 0.1) is 5.56 Å². The third-order valence-corrected chi connectivity index (χ3v) is 3.61. The highest BCUT2D eigenvalue weighted by Gasteiger charge is 2.12. The van der Waals surface area contributed by atoms with Crippen LogP contribution in [-0.2, 0) is 6.54 Å². The lowest BCUT2D eigenvalue weighted by atomic mass is 10.1. The first kappa shape index (κ1) is 13.6. The Morgan fingerprint density at radius 3 is 2.62 bits per heavy atom. The number of benzene rings is 1. The van der Waals surface area contributed by atoms with E-state index in [4.69, 9.17) is 11.6 Å². The highest BCUT2D eigenvalue weighted by atomic mass is 35.5. The van der Waals surface area contributed by atoms with Gasteiger partial charge in [-0.05, 0) is 17.5 Å². The molecule has 0 spiro atoms. The average molecular weight is 300 g/mol. The van der Waals surface area contributed by atoms with Gasteiger partial charge in [-0.1, -0.05) is 35.9 Å². The van der Waals surface area contributed by atoms with Crippen molar-refractivity contribution >= 4 is 28.3 Å². The molecule has 0 aliphatic heterocycles. The molecule has 0 saturated heterocycles. The number of nitrogens with zero attached hydrogens (tertiary/aromatic N) is 2. The summed E-state index contributed by atoms with van der Waals surface area (Å²) in [5, 5.41) is 4.92. The van der Waals surface area contributed by atoms with Crippen LogP contribution in [0.5, 0.6) is 0 Å². The molecule has 21 heavy (non-hydrogen) atoms. The Morgan fingerprint density at radius 2 is 1.86 bits per heavy atom. The number of hydrogen-bond acceptors (Lipinski definition) is 2. The molecule has 5 heteroatoms. The predicted octanol–water partition coefficient (Wildman–Crippen LogP) is 3.12. The Hall–Kier alpha value is -2.33. The molecular weight excluding hydrogens is 286 g/mol. The SMILES string of the molecule is O=C(NCCn1cccc1)c1cnc(Cl)c2ccccc12. The van der Waals surface area contributed by atoms with E-state index in [0.29, 0.717) is 17.3 Å². The van der Waals surface area contributed by atoms with Crippen LogP contribution in [-0.4, -0.2) is 22.0 Å². The molecule has 0 radical (unpaired) electrons. The Kier molecular flexibility index (Phi) is 3.88. The van der Waals surface area contributed by atoms with Crippen LogP contribution in [0.15, 0.2) is 55.0 Å². The number of nitrogens with one attached hydrogen (secondary N) is 1. The van der Waals surface area contributed by atoms with E-state index in [2.05, 4.69) is 10.3 Å². The summed E-state index contributed by atoms with van der Waals surface area (Å²) in [5.74, 6) is -0.137. The van der Waals surface area contributed by atoms with Gasteiger partial charge in [0.2, 0.25) is 0 Å². The zero-order valence-corrected chi connectivity index (χ0v) is 12.0. The zero-order chi connectivity index (χ0) is 14.7. The summed E-state index contributed by atoms with van der Waals surface area (Å²) in [4.78, 5) is 16.4. The minimum Gasteiger partial charge on any atom is -0.353 e. The summed E-state index contributed by atoms with van der Waals surface area (Å²) in [7, 11) is 0. The smallest absolute Gasteiger partial charge is 0.253 e. The van der Waals surface area contributed by atoms with E-state index in [1.807, 2.05) is 53.4 Å². The predicted molar refractivity (Wildman–Crippen MR) is 83.5 cm³/mol. The zero-order valence-electron chi connectivity index (χ0n) is 11.3. The molecule has 4 nitrogen and oxygen atoms in total. The monoisotopic (exact) mass is 299 g/mol. The second-order valence-corrected chi connectivity index (χ2v) is 5.04. The number of rotatable bonds is 4. The lowest BCUT2D eigenvalue weighted by Gasteiger charge is -2.09. The topological polar surface area (TPSA) is 46.9 Å². The number of halogens is 1. The first-order valence-electron chi connectivity index (χ1n) is 6.68. The molecule has 1 aromatic carbocycles. The van der Waals surface area contributed by atoms with Crippen molar-refractivity contribution in [2.75, 3.05) is 6.54 Å². The maximum Gasteiger partial charge on any atom is 0.253 e. The second kappa shape index (κ2) is 5.97. The lowest BCUT2D eigenvalue weighted by molar-refractivity contribution is 0.0953. The van der Waals surface area contributed by atoms with E-state index in [1.165, 1.54) is 6.20 Å². The maximum absolute atomic E-state index is 12.3. The minimum absolute atomic E-state index is 0.137. The molecule has 0 unspecified atom stereocenters.